The standard InChI is InChI=1S/C29H26FNO5/c1-17-8-4-13-22(30)26(17)28(32)31-23(29(33)34)16-18-9-5-11-20-19(18)10-6-12-21(20)27-24(35-2)14-7-15-25(27)36-3/h4-15,23H,16H2,1-3H3,(H,31,32)(H,33,34)/t23-/m0/s1. The number of benzene rings is 4. The molecule has 0 unspecified atom stereocenters. The van der Waals surface area contributed by atoms with Crippen LogP contribution in [0.2, 0.25) is 0 Å². The van der Waals surface area contributed by atoms with Crippen molar-refractivity contribution in [2.75, 3.05) is 14.2 Å². The van der Waals surface area contributed by atoms with Crippen LogP contribution in [0.25, 0.3) is 21.9 Å². The van der Waals surface area contributed by atoms with Crippen molar-refractivity contribution in [2.45, 2.75) is 19.4 Å². The van der Waals surface area contributed by atoms with Gasteiger partial charge >= 0.3 is 5.97 Å². The van der Waals surface area contributed by atoms with E-state index in [0.717, 1.165) is 27.5 Å². The lowest BCUT2D eigenvalue weighted by Gasteiger charge is -2.19. The Morgan fingerprint density at radius 2 is 1.50 bits per heavy atom. The second-order valence-corrected chi connectivity index (χ2v) is 8.36. The molecule has 0 heterocycles. The van der Waals surface area contributed by atoms with Gasteiger partial charge in [0.05, 0.1) is 25.3 Å². The summed E-state index contributed by atoms with van der Waals surface area (Å²) in [5.41, 5.74) is 2.63. The highest BCUT2D eigenvalue weighted by Gasteiger charge is 2.25. The van der Waals surface area contributed by atoms with Crippen LogP contribution in [0, 0.1) is 12.7 Å². The highest BCUT2D eigenvalue weighted by Crippen LogP contribution is 2.42. The summed E-state index contributed by atoms with van der Waals surface area (Å²) in [5.74, 6) is -1.39. The molecular weight excluding hydrogens is 461 g/mol. The predicted molar refractivity (Wildman–Crippen MR) is 136 cm³/mol. The number of hydrogen-bond acceptors (Lipinski definition) is 4. The van der Waals surface area contributed by atoms with Crippen molar-refractivity contribution < 1.29 is 28.6 Å². The predicted octanol–water partition coefficient (Wildman–Crippen LogP) is 5.40. The van der Waals surface area contributed by atoms with Gasteiger partial charge in [-0.1, -0.05) is 54.6 Å². The fraction of sp³-hybridized carbons (Fsp3) is 0.172. The summed E-state index contributed by atoms with van der Waals surface area (Å²) in [4.78, 5) is 24.9. The second kappa shape index (κ2) is 10.5. The number of methoxy groups -OCH3 is 2. The van der Waals surface area contributed by atoms with Gasteiger partial charge in [-0.15, -0.1) is 0 Å². The third-order valence-corrected chi connectivity index (χ3v) is 6.19. The zero-order valence-corrected chi connectivity index (χ0v) is 20.2. The topological polar surface area (TPSA) is 84.9 Å². The van der Waals surface area contributed by atoms with Crippen molar-refractivity contribution in [3.63, 3.8) is 0 Å². The molecular formula is C29H26FNO5. The summed E-state index contributed by atoms with van der Waals surface area (Å²) >= 11 is 0. The van der Waals surface area contributed by atoms with E-state index in [1.165, 1.54) is 12.1 Å². The number of aliphatic carboxylic acids is 1. The molecule has 0 spiro atoms. The number of hydrogen-bond donors (Lipinski definition) is 2. The van der Waals surface area contributed by atoms with Crippen LogP contribution in [-0.4, -0.2) is 37.2 Å². The Hall–Kier alpha value is -4.39. The molecule has 0 fully saturated rings. The Kier molecular flexibility index (Phi) is 7.20. The van der Waals surface area contributed by atoms with Crippen LogP contribution in [0.4, 0.5) is 4.39 Å². The minimum absolute atomic E-state index is 0.0123. The fourth-order valence-electron chi connectivity index (χ4n) is 4.46. The average molecular weight is 488 g/mol. The summed E-state index contributed by atoms with van der Waals surface area (Å²) in [6.45, 7) is 1.60. The maximum Gasteiger partial charge on any atom is 0.326 e. The molecule has 0 aromatic heterocycles. The molecule has 1 amide bonds. The molecule has 184 valence electrons. The van der Waals surface area contributed by atoms with Gasteiger partial charge < -0.3 is 19.9 Å². The minimum Gasteiger partial charge on any atom is -0.496 e. The summed E-state index contributed by atoms with van der Waals surface area (Å²) in [6.07, 6.45) is 0.0123. The molecule has 4 rings (SSSR count). The molecule has 0 radical (unpaired) electrons. The van der Waals surface area contributed by atoms with Crippen molar-refractivity contribution >= 4 is 22.6 Å². The van der Waals surface area contributed by atoms with E-state index >= 15 is 0 Å². The fourth-order valence-corrected chi connectivity index (χ4v) is 4.46. The molecule has 1 atom stereocenters. The normalized spacial score (nSPS) is 11.7. The molecule has 4 aromatic rings. The van der Waals surface area contributed by atoms with Gasteiger partial charge in [0.1, 0.15) is 23.4 Å². The van der Waals surface area contributed by atoms with Crippen LogP contribution in [0.3, 0.4) is 0 Å². The highest BCUT2D eigenvalue weighted by molar-refractivity contribution is 6.02. The average Bonchev–Trinajstić information content (AvgIpc) is 2.87. The van der Waals surface area contributed by atoms with Gasteiger partial charge in [-0.05, 0) is 52.6 Å². The monoisotopic (exact) mass is 487 g/mol. The van der Waals surface area contributed by atoms with Crippen molar-refractivity contribution in [1.29, 1.82) is 0 Å². The molecule has 0 aliphatic carbocycles. The number of nitrogens with one attached hydrogen (secondary N) is 1. The number of fused-ring (bicyclic) bond motifs is 1. The number of carboxylic acids is 1. The molecule has 0 bridgehead atoms. The number of ether oxygens (including phenoxy) is 2. The first kappa shape index (κ1) is 24.7. The number of carbonyl (C=O) groups excluding carboxylic acids is 1. The maximum atomic E-state index is 14.3. The lowest BCUT2D eigenvalue weighted by Crippen LogP contribution is -2.42. The third kappa shape index (κ3) is 4.73. The van der Waals surface area contributed by atoms with Gasteiger partial charge in [0, 0.05) is 6.42 Å². The van der Waals surface area contributed by atoms with E-state index in [2.05, 4.69) is 5.32 Å². The Bertz CT molecular complexity index is 1410. The van der Waals surface area contributed by atoms with E-state index in [0.29, 0.717) is 17.1 Å². The van der Waals surface area contributed by atoms with Crippen LogP contribution in [0.15, 0.2) is 72.8 Å². The molecule has 0 aliphatic rings. The Morgan fingerprint density at radius 3 is 2.14 bits per heavy atom. The third-order valence-electron chi connectivity index (χ3n) is 6.19. The van der Waals surface area contributed by atoms with Gasteiger partial charge in [0.2, 0.25) is 0 Å². The van der Waals surface area contributed by atoms with Gasteiger partial charge in [-0.25, -0.2) is 9.18 Å². The van der Waals surface area contributed by atoms with Crippen LogP contribution in [-0.2, 0) is 11.2 Å². The molecule has 0 saturated carbocycles. The smallest absolute Gasteiger partial charge is 0.326 e. The van der Waals surface area contributed by atoms with Crippen molar-refractivity contribution in [3.8, 4) is 22.6 Å². The number of amides is 1. The molecule has 0 aliphatic heterocycles. The summed E-state index contributed by atoms with van der Waals surface area (Å²) < 4.78 is 25.5. The number of carbonyl (C=O) groups is 2. The zero-order chi connectivity index (χ0) is 25.8. The lowest BCUT2D eigenvalue weighted by atomic mass is 9.92. The maximum absolute atomic E-state index is 14.3. The first-order chi connectivity index (χ1) is 17.3. The number of halogens is 1. The van der Waals surface area contributed by atoms with Crippen LogP contribution in [0.5, 0.6) is 11.5 Å². The molecule has 4 aromatic carbocycles. The van der Waals surface area contributed by atoms with Gasteiger partial charge in [0.15, 0.2) is 0 Å². The van der Waals surface area contributed by atoms with E-state index in [-0.39, 0.29) is 12.0 Å². The van der Waals surface area contributed by atoms with Crippen molar-refractivity contribution in [3.05, 3.63) is 95.3 Å². The number of aryl methyl sites for hydroxylation is 1. The first-order valence-electron chi connectivity index (χ1n) is 11.4. The summed E-state index contributed by atoms with van der Waals surface area (Å²) in [6, 6.07) is 19.9. The lowest BCUT2D eigenvalue weighted by molar-refractivity contribution is -0.139. The second-order valence-electron chi connectivity index (χ2n) is 8.36. The van der Waals surface area contributed by atoms with E-state index in [4.69, 9.17) is 9.47 Å². The van der Waals surface area contributed by atoms with E-state index in [9.17, 15) is 19.1 Å². The Morgan fingerprint density at radius 1 is 0.889 bits per heavy atom. The quantitative estimate of drug-likeness (QED) is 0.348. The molecule has 0 saturated heterocycles. The van der Waals surface area contributed by atoms with E-state index in [1.807, 2.05) is 54.6 Å². The first-order valence-corrected chi connectivity index (χ1v) is 11.4. The summed E-state index contributed by atoms with van der Waals surface area (Å²) in [7, 11) is 3.18. The van der Waals surface area contributed by atoms with E-state index < -0.39 is 23.7 Å². The van der Waals surface area contributed by atoms with Crippen LogP contribution < -0.4 is 14.8 Å². The zero-order valence-electron chi connectivity index (χ0n) is 20.2. The molecule has 6 nitrogen and oxygen atoms in total. The van der Waals surface area contributed by atoms with Gasteiger partial charge in [0.25, 0.3) is 5.91 Å². The number of rotatable bonds is 8. The van der Waals surface area contributed by atoms with Crippen molar-refractivity contribution in [2.24, 2.45) is 0 Å². The van der Waals surface area contributed by atoms with Gasteiger partial charge in [-0.3, -0.25) is 4.79 Å². The van der Waals surface area contributed by atoms with Crippen LogP contribution in [0.1, 0.15) is 21.5 Å². The molecule has 36 heavy (non-hydrogen) atoms. The molecule has 2 N–H and O–H groups in total. The highest BCUT2D eigenvalue weighted by atomic mass is 19.1. The summed E-state index contributed by atoms with van der Waals surface area (Å²) in [5, 5.41) is 14.1. The number of carboxylic acid groups (broad SMARTS) is 1. The van der Waals surface area contributed by atoms with Gasteiger partial charge in [-0.2, -0.15) is 0 Å². The SMILES string of the molecule is COc1cccc(OC)c1-c1cccc2c(C[C@H](NC(=O)c3c(C)cccc3F)C(=O)O)cccc12. The molecule has 7 heteroatoms. The Balaban J connectivity index is 1.74. The Labute approximate surface area is 208 Å². The van der Waals surface area contributed by atoms with Crippen LogP contribution >= 0.6 is 0 Å². The van der Waals surface area contributed by atoms with E-state index in [1.54, 1.807) is 27.2 Å². The van der Waals surface area contributed by atoms with Crippen molar-refractivity contribution in [1.82, 2.24) is 5.32 Å². The minimum atomic E-state index is -1.26. The largest absolute Gasteiger partial charge is 0.496 e.